The van der Waals surface area contributed by atoms with Crippen LogP contribution in [-0.2, 0) is 10.2 Å². The molecule has 52 heavy (non-hydrogen) atoms. The summed E-state index contributed by atoms with van der Waals surface area (Å²) in [7, 11) is 1.68. The number of hydrogen-bond acceptors (Lipinski definition) is 6. The summed E-state index contributed by atoms with van der Waals surface area (Å²) in [5.74, 6) is 1.72. The van der Waals surface area contributed by atoms with Gasteiger partial charge in [0.2, 0.25) is 0 Å². The van der Waals surface area contributed by atoms with Gasteiger partial charge in [-0.1, -0.05) is 116 Å². The van der Waals surface area contributed by atoms with E-state index in [0.717, 1.165) is 64.8 Å². The van der Waals surface area contributed by atoms with Crippen LogP contribution < -0.4 is 18.9 Å². The van der Waals surface area contributed by atoms with Crippen molar-refractivity contribution >= 4 is 12.1 Å². The van der Waals surface area contributed by atoms with Crippen LogP contribution in [0.25, 0.3) is 33.4 Å². The third-order valence-electron chi connectivity index (χ3n) is 9.87. The molecule has 0 unspecified atom stereocenters. The van der Waals surface area contributed by atoms with Crippen molar-refractivity contribution < 1.29 is 28.5 Å². The summed E-state index contributed by atoms with van der Waals surface area (Å²) in [6.45, 7) is 1.39. The first-order chi connectivity index (χ1) is 25.4. The molecule has 1 saturated carbocycles. The Bertz CT molecular complexity index is 2150. The van der Waals surface area contributed by atoms with E-state index < -0.39 is 6.16 Å². The van der Waals surface area contributed by atoms with E-state index in [0.29, 0.717) is 17.2 Å². The maximum Gasteiger partial charge on any atom is 0.519 e. The van der Waals surface area contributed by atoms with Gasteiger partial charge < -0.3 is 18.9 Å². The zero-order chi connectivity index (χ0) is 35.9. The van der Waals surface area contributed by atoms with Crippen molar-refractivity contribution in [1.82, 2.24) is 0 Å². The molecule has 0 N–H and O–H groups in total. The van der Waals surface area contributed by atoms with Gasteiger partial charge >= 0.3 is 12.1 Å². The van der Waals surface area contributed by atoms with Crippen LogP contribution in [0.5, 0.6) is 23.0 Å². The summed E-state index contributed by atoms with van der Waals surface area (Å²) >= 11 is 0. The van der Waals surface area contributed by atoms with Crippen LogP contribution in [0.1, 0.15) is 50.2 Å². The first-order valence-electron chi connectivity index (χ1n) is 17.6. The van der Waals surface area contributed by atoms with Gasteiger partial charge in [0.25, 0.3) is 0 Å². The number of carbonyl (C=O) groups excluding carboxylic acids is 2. The van der Waals surface area contributed by atoms with E-state index >= 15 is 0 Å². The molecule has 0 amide bonds. The Balaban J connectivity index is 1.14. The lowest BCUT2D eigenvalue weighted by molar-refractivity contribution is -0.131. The van der Waals surface area contributed by atoms with Gasteiger partial charge in [0.15, 0.2) is 0 Å². The first kappa shape index (κ1) is 34.3. The monoisotopic (exact) mass is 688 g/mol. The average Bonchev–Trinajstić information content (AvgIpc) is 3.19. The summed E-state index contributed by atoms with van der Waals surface area (Å²) in [6.07, 6.45) is 4.85. The minimum Gasteiger partial charge on any atom is -0.497 e. The van der Waals surface area contributed by atoms with Crippen LogP contribution in [0.2, 0.25) is 0 Å². The second kappa shape index (κ2) is 15.4. The molecule has 0 heterocycles. The van der Waals surface area contributed by atoms with E-state index in [4.69, 9.17) is 18.9 Å². The molecule has 6 heteroatoms. The highest BCUT2D eigenvalue weighted by Gasteiger charge is 2.35. The molecule has 0 aromatic heterocycles. The Labute approximate surface area is 304 Å². The molecule has 1 aliphatic rings. The highest BCUT2D eigenvalue weighted by Crippen LogP contribution is 2.46. The number of rotatable bonds is 9. The van der Waals surface area contributed by atoms with Gasteiger partial charge in [0, 0.05) is 23.5 Å². The molecule has 0 aliphatic heterocycles. The fourth-order valence-corrected chi connectivity index (χ4v) is 7.30. The van der Waals surface area contributed by atoms with E-state index in [-0.39, 0.29) is 11.4 Å². The largest absolute Gasteiger partial charge is 0.519 e. The predicted molar refractivity (Wildman–Crippen MR) is 204 cm³/mol. The number of carbonyl (C=O) groups is 2. The maximum atomic E-state index is 13.3. The summed E-state index contributed by atoms with van der Waals surface area (Å²) in [5.41, 5.74) is 7.52. The third-order valence-corrected chi connectivity index (χ3v) is 9.87. The Kier molecular flexibility index (Phi) is 10.2. The molecule has 6 nitrogen and oxygen atoms in total. The van der Waals surface area contributed by atoms with Gasteiger partial charge in [-0.3, -0.25) is 4.79 Å². The Morgan fingerprint density at radius 2 is 0.981 bits per heavy atom. The van der Waals surface area contributed by atoms with E-state index in [9.17, 15) is 9.59 Å². The minimum atomic E-state index is -0.822. The lowest BCUT2D eigenvalue weighted by Crippen LogP contribution is -2.30. The number of hydrogen-bond donors (Lipinski definition) is 0. The van der Waals surface area contributed by atoms with Crippen molar-refractivity contribution in [1.29, 1.82) is 0 Å². The molecular formula is C46H40O6. The molecule has 260 valence electrons. The molecule has 0 spiro atoms. The second-order valence-electron chi connectivity index (χ2n) is 13.1. The predicted octanol–water partition coefficient (Wildman–Crippen LogP) is 11.4. The van der Waals surface area contributed by atoms with Gasteiger partial charge in [-0.15, -0.1) is 0 Å². The van der Waals surface area contributed by atoms with Crippen LogP contribution in [0.3, 0.4) is 0 Å². The Hall–Kier alpha value is -6.14. The molecule has 1 fully saturated rings. The molecule has 6 aromatic rings. The third kappa shape index (κ3) is 7.47. The van der Waals surface area contributed by atoms with Crippen LogP contribution in [0.15, 0.2) is 146 Å². The molecule has 7 rings (SSSR count). The molecule has 0 bridgehead atoms. The maximum absolute atomic E-state index is 13.3. The van der Waals surface area contributed by atoms with Gasteiger partial charge in [-0.2, -0.15) is 0 Å². The van der Waals surface area contributed by atoms with Crippen LogP contribution in [-0.4, -0.2) is 19.2 Å². The zero-order valence-corrected chi connectivity index (χ0v) is 29.3. The minimum absolute atomic E-state index is 0.0987. The number of benzene rings is 6. The number of methoxy groups -OCH3 is 1. The van der Waals surface area contributed by atoms with E-state index in [1.54, 1.807) is 19.2 Å². The highest BCUT2D eigenvalue weighted by molar-refractivity contribution is 5.84. The van der Waals surface area contributed by atoms with Crippen molar-refractivity contribution in [2.24, 2.45) is 0 Å². The number of ether oxygens (including phenoxy) is 4. The summed E-state index contributed by atoms with van der Waals surface area (Å²) in [4.78, 5) is 25.2. The molecule has 0 atom stereocenters. The van der Waals surface area contributed by atoms with Gasteiger partial charge in [-0.05, 0) is 94.8 Å². The van der Waals surface area contributed by atoms with Crippen LogP contribution in [0, 0.1) is 0 Å². The van der Waals surface area contributed by atoms with E-state index in [2.05, 4.69) is 24.3 Å². The van der Waals surface area contributed by atoms with E-state index in [1.807, 2.05) is 109 Å². The lowest BCUT2D eigenvalue weighted by Gasteiger charge is -2.38. The van der Waals surface area contributed by atoms with Crippen molar-refractivity contribution in [3.8, 4) is 56.4 Å². The van der Waals surface area contributed by atoms with Crippen LogP contribution in [0.4, 0.5) is 4.79 Å². The molecular weight excluding hydrogens is 649 g/mol. The summed E-state index contributed by atoms with van der Waals surface area (Å²) < 4.78 is 22.6. The quantitative estimate of drug-likeness (QED) is 0.0855. The standard InChI is InChI=1S/C46H40O6/c1-32(47)50-43-26-16-35(30-41(43)33-12-6-3-7-13-33)36-17-27-44(42(31-36)34-14-8-4-9-15-34)52-45(48)51-40-24-20-38(21-25-40)46(28-10-5-11-29-46)37-18-22-39(49-2)23-19-37/h3-4,6-9,12-27,30-31H,5,10-11,28-29H2,1-2H3. The van der Waals surface area contributed by atoms with Crippen molar-refractivity contribution in [3.05, 3.63) is 157 Å². The van der Waals surface area contributed by atoms with Crippen molar-refractivity contribution in [2.75, 3.05) is 7.11 Å². The SMILES string of the molecule is COc1ccc(C2(c3ccc(OC(=O)Oc4ccc(-c5ccc(OC(C)=O)c(-c6ccccc6)c5)cc4-c4ccccc4)cc3)CCCCC2)cc1. The Morgan fingerprint density at radius 3 is 1.46 bits per heavy atom. The first-order valence-corrected chi connectivity index (χ1v) is 17.6. The fourth-order valence-electron chi connectivity index (χ4n) is 7.30. The molecule has 6 aromatic carbocycles. The van der Waals surface area contributed by atoms with Crippen molar-refractivity contribution in [2.45, 2.75) is 44.4 Å². The summed E-state index contributed by atoms with van der Waals surface area (Å²) in [5, 5.41) is 0. The molecule has 0 saturated heterocycles. The zero-order valence-electron chi connectivity index (χ0n) is 29.3. The summed E-state index contributed by atoms with van der Waals surface area (Å²) in [6, 6.07) is 47.2. The van der Waals surface area contributed by atoms with Crippen LogP contribution >= 0.6 is 0 Å². The fraction of sp³-hybridized carbons (Fsp3) is 0.174. The average molecular weight is 689 g/mol. The van der Waals surface area contributed by atoms with Crippen molar-refractivity contribution in [3.63, 3.8) is 0 Å². The highest BCUT2D eigenvalue weighted by atomic mass is 16.7. The second-order valence-corrected chi connectivity index (χ2v) is 13.1. The Morgan fingerprint density at radius 1 is 0.500 bits per heavy atom. The lowest BCUT2D eigenvalue weighted by atomic mass is 9.65. The molecule has 0 radical (unpaired) electrons. The normalized spacial score (nSPS) is 13.5. The smallest absolute Gasteiger partial charge is 0.497 e. The molecule has 1 aliphatic carbocycles. The number of esters is 1. The van der Waals surface area contributed by atoms with E-state index in [1.165, 1.54) is 24.5 Å². The van der Waals surface area contributed by atoms with Gasteiger partial charge in [0.1, 0.15) is 23.0 Å². The van der Waals surface area contributed by atoms with Gasteiger partial charge in [0.05, 0.1) is 7.11 Å². The topological polar surface area (TPSA) is 71.1 Å². The van der Waals surface area contributed by atoms with Gasteiger partial charge in [-0.25, -0.2) is 4.79 Å².